The summed E-state index contributed by atoms with van der Waals surface area (Å²) in [5.74, 6) is -1.60. The van der Waals surface area contributed by atoms with Crippen molar-refractivity contribution in [2.24, 2.45) is 5.10 Å². The van der Waals surface area contributed by atoms with Gasteiger partial charge in [0.1, 0.15) is 17.5 Å². The number of halogens is 3. The van der Waals surface area contributed by atoms with Crippen LogP contribution in [0.15, 0.2) is 47.6 Å². The zero-order valence-electron chi connectivity index (χ0n) is 11.5. The van der Waals surface area contributed by atoms with Crippen LogP contribution in [-0.2, 0) is 0 Å². The number of nitrogens with one attached hydrogen (secondary N) is 1. The first-order chi connectivity index (χ1) is 11.0. The minimum absolute atomic E-state index is 0.0830. The molecule has 1 heterocycles. The number of hydrogen-bond acceptors (Lipinski definition) is 3. The molecule has 3 aromatic rings. The summed E-state index contributed by atoms with van der Waals surface area (Å²) in [6.07, 6.45) is 1.18. The van der Waals surface area contributed by atoms with E-state index in [1.54, 1.807) is 6.07 Å². The highest BCUT2D eigenvalue weighted by atomic mass is 32.1. The molecule has 0 unspecified atom stereocenters. The van der Waals surface area contributed by atoms with Gasteiger partial charge in [0, 0.05) is 17.2 Å². The summed E-state index contributed by atoms with van der Waals surface area (Å²) in [6, 6.07) is 8.85. The summed E-state index contributed by atoms with van der Waals surface area (Å²) < 4.78 is 41.2. The number of aromatic nitrogens is 3. The van der Waals surface area contributed by atoms with E-state index < -0.39 is 17.5 Å². The van der Waals surface area contributed by atoms with Crippen LogP contribution in [0.1, 0.15) is 5.56 Å². The van der Waals surface area contributed by atoms with E-state index in [0.29, 0.717) is 5.56 Å². The van der Waals surface area contributed by atoms with Gasteiger partial charge in [-0.05, 0) is 36.5 Å². The molecule has 4 nitrogen and oxygen atoms in total. The Bertz CT molecular complexity index is 946. The SMILES string of the molecule is Fc1cccc(-c2n[nH]c(=S)n2/N=C\c2ccc(F)cc2F)c1. The average molecular weight is 334 g/mol. The van der Waals surface area contributed by atoms with Crippen molar-refractivity contribution >= 4 is 18.4 Å². The van der Waals surface area contributed by atoms with E-state index in [0.717, 1.165) is 12.1 Å². The largest absolute Gasteiger partial charge is 0.250 e. The van der Waals surface area contributed by atoms with Crippen molar-refractivity contribution in [3.63, 3.8) is 0 Å². The number of benzene rings is 2. The maximum absolute atomic E-state index is 13.6. The Morgan fingerprint density at radius 3 is 2.61 bits per heavy atom. The highest BCUT2D eigenvalue weighted by Crippen LogP contribution is 2.18. The number of nitrogens with zero attached hydrogens (tertiary/aromatic N) is 3. The molecular formula is C15H9F3N4S. The molecule has 2 aromatic carbocycles. The highest BCUT2D eigenvalue weighted by Gasteiger charge is 2.09. The molecule has 1 aromatic heterocycles. The number of rotatable bonds is 3. The van der Waals surface area contributed by atoms with Gasteiger partial charge in [0.2, 0.25) is 4.77 Å². The molecule has 8 heteroatoms. The van der Waals surface area contributed by atoms with Crippen molar-refractivity contribution in [2.45, 2.75) is 0 Å². The van der Waals surface area contributed by atoms with Crippen LogP contribution in [0, 0.1) is 22.2 Å². The molecule has 0 spiro atoms. The molecular weight excluding hydrogens is 325 g/mol. The maximum atomic E-state index is 13.6. The lowest BCUT2D eigenvalue weighted by Gasteiger charge is -2.01. The summed E-state index contributed by atoms with van der Waals surface area (Å²) in [7, 11) is 0. The minimum atomic E-state index is -0.754. The van der Waals surface area contributed by atoms with E-state index in [1.807, 2.05) is 0 Å². The van der Waals surface area contributed by atoms with Crippen LogP contribution >= 0.6 is 12.2 Å². The normalized spacial score (nSPS) is 11.3. The zero-order chi connectivity index (χ0) is 16.4. The van der Waals surface area contributed by atoms with Gasteiger partial charge in [0.25, 0.3) is 0 Å². The van der Waals surface area contributed by atoms with E-state index in [-0.39, 0.29) is 16.2 Å². The third-order valence-electron chi connectivity index (χ3n) is 3.01. The van der Waals surface area contributed by atoms with Crippen LogP contribution in [0.3, 0.4) is 0 Å². The molecule has 0 saturated heterocycles. The van der Waals surface area contributed by atoms with Crippen LogP contribution in [0.4, 0.5) is 13.2 Å². The molecule has 0 atom stereocenters. The van der Waals surface area contributed by atoms with Gasteiger partial charge in [-0.25, -0.2) is 18.3 Å². The van der Waals surface area contributed by atoms with Crippen molar-refractivity contribution in [3.05, 3.63) is 70.3 Å². The van der Waals surface area contributed by atoms with Crippen molar-refractivity contribution in [1.29, 1.82) is 0 Å². The molecule has 0 aliphatic rings. The molecule has 0 bridgehead atoms. The Balaban J connectivity index is 2.02. The molecule has 0 radical (unpaired) electrons. The molecule has 0 fully saturated rings. The number of H-pyrrole nitrogens is 1. The lowest BCUT2D eigenvalue weighted by Crippen LogP contribution is -1.97. The van der Waals surface area contributed by atoms with Crippen LogP contribution in [0.25, 0.3) is 11.4 Å². The molecule has 0 aliphatic carbocycles. The third-order valence-corrected chi connectivity index (χ3v) is 3.27. The second kappa shape index (κ2) is 6.17. The second-order valence-electron chi connectivity index (χ2n) is 4.58. The van der Waals surface area contributed by atoms with E-state index in [2.05, 4.69) is 15.3 Å². The predicted molar refractivity (Wildman–Crippen MR) is 82.2 cm³/mol. The molecule has 1 N–H and O–H groups in total. The van der Waals surface area contributed by atoms with E-state index in [1.165, 1.54) is 35.2 Å². The van der Waals surface area contributed by atoms with Gasteiger partial charge in [-0.1, -0.05) is 12.1 Å². The minimum Gasteiger partial charge on any atom is -0.250 e. The maximum Gasteiger partial charge on any atom is 0.216 e. The van der Waals surface area contributed by atoms with Crippen molar-refractivity contribution in [1.82, 2.24) is 14.9 Å². The zero-order valence-corrected chi connectivity index (χ0v) is 12.3. The van der Waals surface area contributed by atoms with Crippen LogP contribution in [0.5, 0.6) is 0 Å². The summed E-state index contributed by atoms with van der Waals surface area (Å²) >= 11 is 5.06. The molecule has 0 aliphatic heterocycles. The van der Waals surface area contributed by atoms with E-state index in [4.69, 9.17) is 12.2 Å². The first-order valence-electron chi connectivity index (χ1n) is 6.47. The fourth-order valence-electron chi connectivity index (χ4n) is 1.94. The third kappa shape index (κ3) is 3.21. The second-order valence-corrected chi connectivity index (χ2v) is 4.97. The first kappa shape index (κ1) is 15.2. The monoisotopic (exact) mass is 334 g/mol. The van der Waals surface area contributed by atoms with Crippen LogP contribution in [-0.4, -0.2) is 21.1 Å². The fourth-order valence-corrected chi connectivity index (χ4v) is 2.12. The van der Waals surface area contributed by atoms with E-state index in [9.17, 15) is 13.2 Å². The van der Waals surface area contributed by atoms with Gasteiger partial charge < -0.3 is 0 Å². The average Bonchev–Trinajstić information content (AvgIpc) is 2.87. The summed E-state index contributed by atoms with van der Waals surface area (Å²) in [5, 5.41) is 10.6. The number of aromatic amines is 1. The summed E-state index contributed by atoms with van der Waals surface area (Å²) in [4.78, 5) is 0. The fraction of sp³-hybridized carbons (Fsp3) is 0. The van der Waals surface area contributed by atoms with Gasteiger partial charge in [-0.3, -0.25) is 0 Å². The van der Waals surface area contributed by atoms with Gasteiger partial charge in [-0.15, -0.1) is 0 Å². The molecule has 116 valence electrons. The Morgan fingerprint density at radius 2 is 1.87 bits per heavy atom. The Morgan fingerprint density at radius 1 is 1.09 bits per heavy atom. The smallest absolute Gasteiger partial charge is 0.216 e. The molecule has 23 heavy (non-hydrogen) atoms. The van der Waals surface area contributed by atoms with Gasteiger partial charge in [-0.2, -0.15) is 14.9 Å². The molecule has 3 rings (SSSR count). The van der Waals surface area contributed by atoms with Crippen LogP contribution in [0.2, 0.25) is 0 Å². The standard InChI is InChI=1S/C15H9F3N4S/c16-11-3-1-2-9(6-11)14-20-21-15(23)22(14)19-8-10-4-5-12(17)7-13(10)18/h1-8H,(H,21,23)/b19-8-. The quantitative estimate of drug-likeness (QED) is 0.583. The van der Waals surface area contributed by atoms with Crippen LogP contribution < -0.4 is 0 Å². The molecule has 0 saturated carbocycles. The van der Waals surface area contributed by atoms with E-state index >= 15 is 0 Å². The lowest BCUT2D eigenvalue weighted by molar-refractivity contribution is 0.582. The summed E-state index contributed by atoms with van der Waals surface area (Å²) in [5.41, 5.74) is 0.536. The number of hydrogen-bond donors (Lipinski definition) is 1. The van der Waals surface area contributed by atoms with Crippen molar-refractivity contribution in [2.75, 3.05) is 0 Å². The lowest BCUT2D eigenvalue weighted by atomic mass is 10.2. The first-order valence-corrected chi connectivity index (χ1v) is 6.88. The van der Waals surface area contributed by atoms with Gasteiger partial charge >= 0.3 is 0 Å². The highest BCUT2D eigenvalue weighted by molar-refractivity contribution is 7.71. The predicted octanol–water partition coefficient (Wildman–Crippen LogP) is 3.91. The van der Waals surface area contributed by atoms with Crippen molar-refractivity contribution < 1.29 is 13.2 Å². The van der Waals surface area contributed by atoms with Gasteiger partial charge in [0.15, 0.2) is 5.82 Å². The molecule has 0 amide bonds. The Hall–Kier alpha value is -2.74. The topological polar surface area (TPSA) is 46.0 Å². The van der Waals surface area contributed by atoms with Gasteiger partial charge in [0.05, 0.1) is 6.21 Å². The Labute approximate surface area is 133 Å². The Kier molecular flexibility index (Phi) is 4.07. The van der Waals surface area contributed by atoms with Crippen molar-refractivity contribution in [3.8, 4) is 11.4 Å². The summed E-state index contributed by atoms with van der Waals surface area (Å²) in [6.45, 7) is 0.